The number of hydrogen-bond acceptors (Lipinski definition) is 3. The summed E-state index contributed by atoms with van der Waals surface area (Å²) in [6.45, 7) is 11.0. The van der Waals surface area contributed by atoms with Crippen molar-refractivity contribution in [3.8, 4) is 5.75 Å². The fourth-order valence-electron chi connectivity index (χ4n) is 7.52. The van der Waals surface area contributed by atoms with Crippen molar-refractivity contribution in [1.82, 2.24) is 0 Å². The second-order valence-corrected chi connectivity index (χ2v) is 20.1. The van der Waals surface area contributed by atoms with Crippen molar-refractivity contribution < 1.29 is 14.0 Å². The van der Waals surface area contributed by atoms with Crippen molar-refractivity contribution in [3.63, 3.8) is 0 Å². The second kappa shape index (κ2) is 23.4. The van der Waals surface area contributed by atoms with Crippen molar-refractivity contribution in [1.29, 1.82) is 0 Å². The zero-order valence-electron chi connectivity index (χ0n) is 33.2. The van der Waals surface area contributed by atoms with Crippen LogP contribution in [0.1, 0.15) is 149 Å². The van der Waals surface area contributed by atoms with E-state index in [-0.39, 0.29) is 16.9 Å². The van der Waals surface area contributed by atoms with Gasteiger partial charge in [0, 0.05) is 0 Å². The normalized spacial score (nSPS) is 12.9. The minimum absolute atomic E-state index is 0.0389. The van der Waals surface area contributed by atoms with Crippen molar-refractivity contribution in [3.05, 3.63) is 102 Å². The van der Waals surface area contributed by atoms with E-state index in [1.165, 1.54) is 131 Å². The highest BCUT2D eigenvalue weighted by Crippen LogP contribution is 2.37. The maximum Gasteiger partial charge on any atom is 0.319 e. The zero-order valence-corrected chi connectivity index (χ0v) is 34.2. The second-order valence-electron chi connectivity index (χ2n) is 15.9. The third kappa shape index (κ3) is 14.8. The highest BCUT2D eigenvalue weighted by atomic mass is 28.4. The largest absolute Gasteiger partial charge is 0.534 e. The summed E-state index contributed by atoms with van der Waals surface area (Å²) >= 11 is 0. The lowest BCUT2D eigenvalue weighted by atomic mass is 10.0. The molecule has 0 heterocycles. The molecule has 0 saturated carbocycles. The van der Waals surface area contributed by atoms with Gasteiger partial charge in [0.05, 0.1) is 13.0 Å². The monoisotopic (exact) mass is 711 g/mol. The lowest BCUT2D eigenvalue weighted by Crippen LogP contribution is -2.68. The fourth-order valence-corrected chi connectivity index (χ4v) is 11.9. The van der Waals surface area contributed by atoms with Gasteiger partial charge in [0.1, 0.15) is 5.75 Å². The van der Waals surface area contributed by atoms with Gasteiger partial charge in [0.15, 0.2) is 0 Å². The van der Waals surface area contributed by atoms with Gasteiger partial charge in [-0.25, -0.2) is 0 Å². The summed E-state index contributed by atoms with van der Waals surface area (Å²) in [6.07, 6.45) is 26.1. The number of allylic oxidation sites excluding steroid dienone is 1. The topological polar surface area (TPSA) is 35.5 Å². The molecule has 1 atom stereocenters. The summed E-state index contributed by atoms with van der Waals surface area (Å²) in [6, 6.07) is 30.8. The Bertz CT molecular complexity index is 1340. The van der Waals surface area contributed by atoms with Crippen molar-refractivity contribution in [2.45, 2.75) is 155 Å². The smallest absolute Gasteiger partial charge is 0.319 e. The molecule has 0 radical (unpaired) electrons. The van der Waals surface area contributed by atoms with Crippen LogP contribution in [0.15, 0.2) is 96.6 Å². The van der Waals surface area contributed by atoms with Gasteiger partial charge in [-0.2, -0.15) is 0 Å². The number of aryl methyl sites for hydroxylation is 1. The number of unbranched alkanes of at least 4 members (excludes halogenated alkanes) is 15. The van der Waals surface area contributed by atoms with Crippen LogP contribution >= 0.6 is 0 Å². The summed E-state index contributed by atoms with van der Waals surface area (Å²) in [5.41, 5.74) is 2.72. The standard InChI is InChI=1S/C47H70O3Si/c1-40(39-41(2)46(48)49-6)29-23-19-17-15-13-11-9-7-8-10-12-14-16-18-20-24-30-42-35-37-43(38-36-42)50-51(47(3,4)5,44-31-25-21-26-32-44)45-33-27-22-28-34-45/h21-22,25-28,31-39,41H,7-20,23-24,29-30H2,1-6H3/b40-39+/t41-/m1/s1. The molecule has 0 aromatic heterocycles. The molecule has 0 aliphatic heterocycles. The Kier molecular flexibility index (Phi) is 19.4. The molecule has 0 saturated heterocycles. The van der Waals surface area contributed by atoms with Crippen molar-refractivity contribution >= 4 is 24.7 Å². The SMILES string of the molecule is COC(=O)[C@H](C)/C=C(\C)CCCCCCCCCCCCCCCCCCc1ccc(O[Si](c2ccccc2)(c2ccccc2)C(C)(C)C)cc1. The molecule has 0 unspecified atom stereocenters. The van der Waals surface area contributed by atoms with Crippen LogP contribution in [0.3, 0.4) is 0 Å². The minimum atomic E-state index is -2.59. The number of esters is 1. The molecule has 0 fully saturated rings. The molecule has 0 aliphatic rings. The summed E-state index contributed by atoms with van der Waals surface area (Å²) in [4.78, 5) is 11.5. The van der Waals surface area contributed by atoms with Gasteiger partial charge in [-0.05, 0) is 72.6 Å². The number of rotatable bonds is 25. The van der Waals surface area contributed by atoms with Gasteiger partial charge >= 0.3 is 14.3 Å². The molecule has 0 spiro atoms. The molecule has 3 aromatic rings. The third-order valence-electron chi connectivity index (χ3n) is 10.5. The Morgan fingerprint density at radius 3 is 1.45 bits per heavy atom. The van der Waals surface area contributed by atoms with Crippen LogP contribution in [0.4, 0.5) is 0 Å². The maximum absolute atomic E-state index is 11.5. The first kappa shape index (κ1) is 42.3. The molecule has 280 valence electrons. The first-order valence-electron chi connectivity index (χ1n) is 20.3. The van der Waals surface area contributed by atoms with E-state index in [0.717, 1.165) is 18.6 Å². The van der Waals surface area contributed by atoms with E-state index < -0.39 is 8.32 Å². The first-order chi connectivity index (χ1) is 24.7. The van der Waals surface area contributed by atoms with E-state index in [1.807, 2.05) is 6.92 Å². The van der Waals surface area contributed by atoms with Gasteiger partial charge in [0.2, 0.25) is 0 Å². The number of carbonyl (C=O) groups is 1. The van der Waals surface area contributed by atoms with E-state index in [0.29, 0.717) is 0 Å². The molecule has 0 bridgehead atoms. The van der Waals surface area contributed by atoms with Crippen LogP contribution in [0.25, 0.3) is 0 Å². The molecule has 3 aromatic carbocycles. The fraction of sp³-hybridized carbons (Fsp3) is 0.553. The van der Waals surface area contributed by atoms with E-state index in [4.69, 9.17) is 9.16 Å². The number of benzene rings is 3. The Labute approximate surface area is 313 Å². The maximum atomic E-state index is 11.5. The van der Waals surface area contributed by atoms with E-state index in [2.05, 4.69) is 119 Å². The van der Waals surface area contributed by atoms with Crippen LogP contribution < -0.4 is 14.8 Å². The Balaban J connectivity index is 1.22. The molecule has 0 aliphatic carbocycles. The van der Waals surface area contributed by atoms with Crippen LogP contribution in [0, 0.1) is 5.92 Å². The van der Waals surface area contributed by atoms with E-state index in [9.17, 15) is 4.79 Å². The molecule has 51 heavy (non-hydrogen) atoms. The molecule has 0 amide bonds. The lowest BCUT2D eigenvalue weighted by molar-refractivity contribution is -0.143. The lowest BCUT2D eigenvalue weighted by Gasteiger charge is -2.43. The summed E-state index contributed by atoms with van der Waals surface area (Å²) in [5.74, 6) is 0.699. The van der Waals surface area contributed by atoms with Crippen LogP contribution in [-0.2, 0) is 16.0 Å². The molecule has 0 N–H and O–H groups in total. The molecular weight excluding hydrogens is 641 g/mol. The summed E-state index contributed by atoms with van der Waals surface area (Å²) < 4.78 is 12.0. The first-order valence-corrected chi connectivity index (χ1v) is 22.2. The molecule has 4 heteroatoms. The summed E-state index contributed by atoms with van der Waals surface area (Å²) in [5, 5.41) is 2.58. The van der Waals surface area contributed by atoms with Gasteiger partial charge in [-0.15, -0.1) is 0 Å². The van der Waals surface area contributed by atoms with Crippen LogP contribution in [0.5, 0.6) is 5.75 Å². The quantitative estimate of drug-likeness (QED) is 0.0380. The van der Waals surface area contributed by atoms with Crippen LogP contribution in [-0.4, -0.2) is 21.4 Å². The minimum Gasteiger partial charge on any atom is -0.534 e. The predicted molar refractivity (Wildman–Crippen MR) is 222 cm³/mol. The Hall–Kier alpha value is -3.11. The van der Waals surface area contributed by atoms with E-state index >= 15 is 0 Å². The molecule has 3 nitrogen and oxygen atoms in total. The molecular formula is C47H70O3Si. The summed E-state index contributed by atoms with van der Waals surface area (Å²) in [7, 11) is -1.13. The Morgan fingerprint density at radius 2 is 1.04 bits per heavy atom. The molecule has 3 rings (SSSR count). The third-order valence-corrected chi connectivity index (χ3v) is 15.5. The van der Waals surface area contributed by atoms with Crippen molar-refractivity contribution in [2.24, 2.45) is 5.92 Å². The highest BCUT2D eigenvalue weighted by molar-refractivity contribution is 7.00. The average molecular weight is 711 g/mol. The van der Waals surface area contributed by atoms with E-state index in [1.54, 1.807) is 0 Å². The number of methoxy groups -OCH3 is 1. The zero-order chi connectivity index (χ0) is 36.8. The predicted octanol–water partition coefficient (Wildman–Crippen LogP) is 12.6. The number of ether oxygens (including phenoxy) is 1. The van der Waals surface area contributed by atoms with Gasteiger partial charge in [0.25, 0.3) is 0 Å². The van der Waals surface area contributed by atoms with Crippen LogP contribution in [0.2, 0.25) is 5.04 Å². The highest BCUT2D eigenvalue weighted by Gasteiger charge is 2.52. The van der Waals surface area contributed by atoms with Gasteiger partial charge < -0.3 is 9.16 Å². The number of carbonyl (C=O) groups excluding carboxylic acids is 1. The number of hydrogen-bond donors (Lipinski definition) is 0. The Morgan fingerprint density at radius 1 is 0.627 bits per heavy atom. The van der Waals surface area contributed by atoms with Gasteiger partial charge in [-0.1, -0.05) is 195 Å². The van der Waals surface area contributed by atoms with Crippen molar-refractivity contribution in [2.75, 3.05) is 7.11 Å². The van der Waals surface area contributed by atoms with Gasteiger partial charge in [-0.3, -0.25) is 4.79 Å². The average Bonchev–Trinajstić information content (AvgIpc) is 3.13.